The van der Waals surface area contributed by atoms with Crippen LogP contribution >= 0.6 is 0 Å². The summed E-state index contributed by atoms with van der Waals surface area (Å²) in [4.78, 5) is 4.29. The summed E-state index contributed by atoms with van der Waals surface area (Å²) in [6.45, 7) is 9.01. The van der Waals surface area contributed by atoms with E-state index in [0.29, 0.717) is 5.92 Å². The minimum Gasteiger partial charge on any atom is -0.393 e. The van der Waals surface area contributed by atoms with Gasteiger partial charge in [-0.3, -0.25) is 0 Å². The van der Waals surface area contributed by atoms with Gasteiger partial charge in [-0.05, 0) is 23.2 Å². The van der Waals surface area contributed by atoms with Gasteiger partial charge in [-0.1, -0.05) is 27.7 Å². The zero-order valence-corrected chi connectivity index (χ0v) is 11.6. The Morgan fingerprint density at radius 3 is 2.35 bits per heavy atom. The number of aromatic nitrogens is 2. The molecular formula is C14H24N2O. The van der Waals surface area contributed by atoms with E-state index >= 15 is 0 Å². The third kappa shape index (κ3) is 1.90. The molecule has 1 atom stereocenters. The molecule has 2 rings (SSSR count). The monoisotopic (exact) mass is 236 g/mol. The highest BCUT2D eigenvalue weighted by Gasteiger charge is 2.66. The molecule has 0 saturated heterocycles. The van der Waals surface area contributed by atoms with Crippen LogP contribution < -0.4 is 0 Å². The molecule has 1 aromatic rings. The van der Waals surface area contributed by atoms with Crippen molar-refractivity contribution in [2.75, 3.05) is 0 Å². The van der Waals surface area contributed by atoms with Crippen molar-refractivity contribution in [3.05, 3.63) is 18.2 Å². The van der Waals surface area contributed by atoms with Crippen LogP contribution in [0, 0.1) is 16.7 Å². The fraction of sp³-hybridized carbons (Fsp3) is 0.786. The van der Waals surface area contributed by atoms with Crippen LogP contribution in [0.1, 0.15) is 39.9 Å². The SMILES string of the molecule is Cn1ccnc1CCC(O)C1C(C)(C)C1(C)C. The lowest BCUT2D eigenvalue weighted by Crippen LogP contribution is -2.16. The van der Waals surface area contributed by atoms with Gasteiger partial charge < -0.3 is 9.67 Å². The van der Waals surface area contributed by atoms with Gasteiger partial charge in [0.1, 0.15) is 5.82 Å². The number of imidazole rings is 1. The highest BCUT2D eigenvalue weighted by molar-refractivity contribution is 5.14. The Balaban J connectivity index is 1.92. The van der Waals surface area contributed by atoms with Crippen LogP contribution in [0.5, 0.6) is 0 Å². The van der Waals surface area contributed by atoms with Crippen LogP contribution in [-0.2, 0) is 13.5 Å². The Morgan fingerprint density at radius 2 is 1.94 bits per heavy atom. The molecule has 0 aromatic carbocycles. The van der Waals surface area contributed by atoms with Gasteiger partial charge in [0.05, 0.1) is 6.10 Å². The third-order valence-electron chi connectivity index (χ3n) is 5.10. The average molecular weight is 236 g/mol. The summed E-state index contributed by atoms with van der Waals surface area (Å²) in [7, 11) is 2.00. The lowest BCUT2D eigenvalue weighted by atomic mass is 10.0. The maximum absolute atomic E-state index is 10.3. The van der Waals surface area contributed by atoms with Gasteiger partial charge in [0.2, 0.25) is 0 Å². The second kappa shape index (κ2) is 3.84. The standard InChI is InChI=1S/C14H24N2O/c1-13(2)12(14(13,3)4)10(17)6-7-11-15-8-9-16(11)5/h8-10,12,17H,6-7H2,1-5H3. The van der Waals surface area contributed by atoms with Crippen LogP contribution in [0.3, 0.4) is 0 Å². The van der Waals surface area contributed by atoms with E-state index in [1.165, 1.54) is 0 Å². The molecule has 96 valence electrons. The number of aliphatic hydroxyl groups is 1. The van der Waals surface area contributed by atoms with Crippen LogP contribution in [0.2, 0.25) is 0 Å². The fourth-order valence-electron chi connectivity index (χ4n) is 3.29. The van der Waals surface area contributed by atoms with E-state index in [4.69, 9.17) is 0 Å². The predicted octanol–water partition coefficient (Wildman–Crippen LogP) is 2.40. The molecule has 1 N–H and O–H groups in total. The summed E-state index contributed by atoms with van der Waals surface area (Å²) < 4.78 is 2.02. The highest BCUT2D eigenvalue weighted by atomic mass is 16.3. The number of aryl methyl sites for hydroxylation is 2. The Hall–Kier alpha value is -0.830. The largest absolute Gasteiger partial charge is 0.393 e. The molecule has 0 radical (unpaired) electrons. The van der Waals surface area contributed by atoms with Crippen molar-refractivity contribution in [1.29, 1.82) is 0 Å². The van der Waals surface area contributed by atoms with Gasteiger partial charge in [-0.25, -0.2) is 4.98 Å². The molecule has 0 bridgehead atoms. The lowest BCUT2D eigenvalue weighted by Gasteiger charge is -2.12. The Kier molecular flexibility index (Phi) is 2.85. The first-order valence-corrected chi connectivity index (χ1v) is 6.42. The minimum absolute atomic E-state index is 0.211. The third-order valence-corrected chi connectivity index (χ3v) is 5.10. The first-order valence-electron chi connectivity index (χ1n) is 6.42. The molecular weight excluding hydrogens is 212 g/mol. The molecule has 1 aliphatic rings. The van der Waals surface area contributed by atoms with Gasteiger partial charge in [0.25, 0.3) is 0 Å². The van der Waals surface area contributed by atoms with E-state index in [2.05, 4.69) is 32.7 Å². The van der Waals surface area contributed by atoms with E-state index in [0.717, 1.165) is 18.7 Å². The molecule has 17 heavy (non-hydrogen) atoms. The number of nitrogens with zero attached hydrogens (tertiary/aromatic N) is 2. The molecule has 1 aromatic heterocycles. The summed E-state index contributed by atoms with van der Waals surface area (Å²) in [6.07, 6.45) is 5.21. The van der Waals surface area contributed by atoms with Crippen LogP contribution in [0.25, 0.3) is 0 Å². The van der Waals surface area contributed by atoms with E-state index in [-0.39, 0.29) is 16.9 Å². The summed E-state index contributed by atoms with van der Waals surface area (Å²) in [5.74, 6) is 1.47. The molecule has 3 nitrogen and oxygen atoms in total. The summed E-state index contributed by atoms with van der Waals surface area (Å²) in [6, 6.07) is 0. The lowest BCUT2D eigenvalue weighted by molar-refractivity contribution is 0.119. The number of rotatable bonds is 4. The van der Waals surface area contributed by atoms with E-state index in [1.54, 1.807) is 0 Å². The van der Waals surface area contributed by atoms with Crippen molar-refractivity contribution < 1.29 is 5.11 Å². The molecule has 0 aliphatic heterocycles. The van der Waals surface area contributed by atoms with E-state index in [1.807, 2.05) is 24.0 Å². The zero-order chi connectivity index (χ0) is 12.8. The van der Waals surface area contributed by atoms with Gasteiger partial charge >= 0.3 is 0 Å². The van der Waals surface area contributed by atoms with Crippen molar-refractivity contribution in [2.45, 2.75) is 46.6 Å². The van der Waals surface area contributed by atoms with Crippen LogP contribution in [0.15, 0.2) is 12.4 Å². The van der Waals surface area contributed by atoms with Crippen LogP contribution in [0.4, 0.5) is 0 Å². The molecule has 1 unspecified atom stereocenters. The van der Waals surface area contributed by atoms with E-state index in [9.17, 15) is 5.11 Å². The fourth-order valence-corrected chi connectivity index (χ4v) is 3.29. The Bertz CT molecular complexity index is 392. The maximum atomic E-state index is 10.3. The molecule has 0 amide bonds. The number of hydrogen-bond donors (Lipinski definition) is 1. The van der Waals surface area contributed by atoms with Crippen LogP contribution in [-0.4, -0.2) is 20.8 Å². The summed E-state index contributed by atoms with van der Waals surface area (Å²) in [5, 5.41) is 10.3. The second-order valence-corrected chi connectivity index (χ2v) is 6.48. The topological polar surface area (TPSA) is 38.0 Å². The maximum Gasteiger partial charge on any atom is 0.108 e. The minimum atomic E-state index is -0.211. The average Bonchev–Trinajstić information content (AvgIpc) is 2.53. The molecule has 1 heterocycles. The summed E-state index contributed by atoms with van der Waals surface area (Å²) >= 11 is 0. The molecule has 0 spiro atoms. The molecule has 1 fully saturated rings. The predicted molar refractivity (Wildman–Crippen MR) is 68.6 cm³/mol. The van der Waals surface area contributed by atoms with Crippen molar-refractivity contribution >= 4 is 0 Å². The highest BCUT2D eigenvalue weighted by Crippen LogP contribution is 2.69. The van der Waals surface area contributed by atoms with Gasteiger partial charge in [0.15, 0.2) is 0 Å². The van der Waals surface area contributed by atoms with Crippen molar-refractivity contribution in [2.24, 2.45) is 23.8 Å². The van der Waals surface area contributed by atoms with Crippen molar-refractivity contribution in [3.63, 3.8) is 0 Å². The first kappa shape index (κ1) is 12.6. The number of hydrogen-bond acceptors (Lipinski definition) is 2. The molecule has 1 aliphatic carbocycles. The first-order chi connectivity index (χ1) is 7.78. The van der Waals surface area contributed by atoms with Gasteiger partial charge in [0, 0.05) is 25.9 Å². The number of aliphatic hydroxyl groups excluding tert-OH is 1. The smallest absolute Gasteiger partial charge is 0.108 e. The zero-order valence-electron chi connectivity index (χ0n) is 11.6. The second-order valence-electron chi connectivity index (χ2n) is 6.48. The summed E-state index contributed by atoms with van der Waals surface area (Å²) in [5.41, 5.74) is 0.516. The van der Waals surface area contributed by atoms with Gasteiger partial charge in [-0.15, -0.1) is 0 Å². The quantitative estimate of drug-likeness (QED) is 0.871. The Labute approximate surface area is 104 Å². The van der Waals surface area contributed by atoms with Crippen molar-refractivity contribution in [1.82, 2.24) is 9.55 Å². The Morgan fingerprint density at radius 1 is 1.35 bits per heavy atom. The van der Waals surface area contributed by atoms with Crippen molar-refractivity contribution in [3.8, 4) is 0 Å². The normalized spacial score (nSPS) is 23.6. The molecule has 3 heteroatoms. The van der Waals surface area contributed by atoms with E-state index < -0.39 is 0 Å². The molecule has 1 saturated carbocycles. The van der Waals surface area contributed by atoms with Gasteiger partial charge in [-0.2, -0.15) is 0 Å².